The first-order valence-corrected chi connectivity index (χ1v) is 15.7. The van der Waals surface area contributed by atoms with Gasteiger partial charge in [-0.2, -0.15) is 0 Å². The Labute approximate surface area is 284 Å². The Hall–Kier alpha value is -4.66. The Kier molecular flexibility index (Phi) is 13.8. The highest BCUT2D eigenvalue weighted by molar-refractivity contribution is 5.80. The summed E-state index contributed by atoms with van der Waals surface area (Å²) in [5.74, 6) is -5.63. The largest absolute Gasteiger partial charge is 0.460 e. The van der Waals surface area contributed by atoms with Gasteiger partial charge < -0.3 is 44.0 Å². The fourth-order valence-electron chi connectivity index (χ4n) is 5.33. The standard InChI is InChI=1S/C36H41NO12/c1-24(39)47-30-18-36(46-22-28-16-10-5-11-17-28,35(43)45-21-27-14-8-4-9-15-27)49-34(33(29(41)19-38)48-25(2)40)32(30)37-31(42)23-44-20-26-12-6-3-7-13-26/h3-17,29-30,32-34,38,41H,18-23H2,1-2H3,(H,37,42)/t29-,30+,32-,33-,34-,36-/m1/s1. The fourth-order valence-corrected chi connectivity index (χ4v) is 5.33. The van der Waals surface area contributed by atoms with Crippen LogP contribution in [0.5, 0.6) is 0 Å². The molecule has 49 heavy (non-hydrogen) atoms. The third-order valence-corrected chi connectivity index (χ3v) is 7.57. The number of aliphatic hydroxyl groups excluding tert-OH is 2. The highest BCUT2D eigenvalue weighted by Gasteiger charge is 2.59. The van der Waals surface area contributed by atoms with Crippen LogP contribution in [-0.4, -0.2) is 83.5 Å². The molecule has 1 saturated heterocycles. The number of rotatable bonds is 16. The van der Waals surface area contributed by atoms with Crippen molar-refractivity contribution in [1.82, 2.24) is 5.32 Å². The van der Waals surface area contributed by atoms with Crippen LogP contribution in [0, 0.1) is 0 Å². The van der Waals surface area contributed by atoms with Gasteiger partial charge in [-0.05, 0) is 16.7 Å². The van der Waals surface area contributed by atoms with Crippen molar-refractivity contribution in [1.29, 1.82) is 0 Å². The Morgan fingerprint density at radius 2 is 1.39 bits per heavy atom. The van der Waals surface area contributed by atoms with Gasteiger partial charge in [0.1, 0.15) is 31.5 Å². The van der Waals surface area contributed by atoms with Crippen LogP contribution in [-0.2, 0) is 67.4 Å². The molecule has 0 saturated carbocycles. The van der Waals surface area contributed by atoms with E-state index < -0.39 is 79.7 Å². The van der Waals surface area contributed by atoms with Gasteiger partial charge in [-0.15, -0.1) is 0 Å². The molecule has 1 heterocycles. The average molecular weight is 680 g/mol. The van der Waals surface area contributed by atoms with Crippen LogP contribution in [0.1, 0.15) is 37.0 Å². The molecule has 0 bridgehead atoms. The normalized spacial score (nSPS) is 21.5. The number of benzene rings is 3. The number of carbonyl (C=O) groups is 4. The molecule has 6 atom stereocenters. The van der Waals surface area contributed by atoms with Crippen LogP contribution in [0.15, 0.2) is 91.0 Å². The van der Waals surface area contributed by atoms with E-state index in [1.54, 1.807) is 60.7 Å². The monoisotopic (exact) mass is 679 g/mol. The highest BCUT2D eigenvalue weighted by atomic mass is 16.7. The maximum absolute atomic E-state index is 14.0. The fraction of sp³-hybridized carbons (Fsp3) is 0.389. The molecule has 13 heteroatoms. The van der Waals surface area contributed by atoms with Gasteiger partial charge in [0, 0.05) is 13.8 Å². The first kappa shape index (κ1) is 37.2. The van der Waals surface area contributed by atoms with Crippen molar-refractivity contribution >= 4 is 23.8 Å². The second kappa shape index (κ2) is 18.2. The molecule has 3 N–H and O–H groups in total. The first-order chi connectivity index (χ1) is 23.6. The minimum atomic E-state index is -2.31. The summed E-state index contributed by atoms with van der Waals surface area (Å²) >= 11 is 0. The minimum Gasteiger partial charge on any atom is -0.460 e. The van der Waals surface area contributed by atoms with Crippen LogP contribution in [0.2, 0.25) is 0 Å². The van der Waals surface area contributed by atoms with Gasteiger partial charge in [-0.3, -0.25) is 14.4 Å². The third kappa shape index (κ3) is 10.9. The number of nitrogens with one attached hydrogen (secondary N) is 1. The number of hydrogen-bond acceptors (Lipinski definition) is 12. The SMILES string of the molecule is CC(=O)O[C@@H]([C@@H]1O[C@@](OCc2ccccc2)(C(=O)OCc2ccccc2)C[C@H](OC(C)=O)[C@H]1NC(=O)COCc1ccccc1)[C@H](O)CO. The Morgan fingerprint density at radius 3 is 1.92 bits per heavy atom. The molecular formula is C36H41NO12. The summed E-state index contributed by atoms with van der Waals surface area (Å²) in [5, 5.41) is 23.5. The molecular weight excluding hydrogens is 638 g/mol. The zero-order valence-electron chi connectivity index (χ0n) is 27.3. The van der Waals surface area contributed by atoms with Crippen molar-refractivity contribution < 1.29 is 57.8 Å². The van der Waals surface area contributed by atoms with Crippen molar-refractivity contribution in [2.75, 3.05) is 13.2 Å². The minimum absolute atomic E-state index is 0.120. The van der Waals surface area contributed by atoms with Crippen LogP contribution in [0.25, 0.3) is 0 Å². The molecule has 0 aliphatic carbocycles. The molecule has 0 unspecified atom stereocenters. The molecule has 0 radical (unpaired) electrons. The molecule has 13 nitrogen and oxygen atoms in total. The predicted molar refractivity (Wildman–Crippen MR) is 172 cm³/mol. The Bertz CT molecular complexity index is 1510. The van der Waals surface area contributed by atoms with Gasteiger partial charge in [0.05, 0.1) is 32.3 Å². The van der Waals surface area contributed by atoms with Crippen molar-refractivity contribution in [3.8, 4) is 0 Å². The number of amides is 1. The first-order valence-electron chi connectivity index (χ1n) is 15.7. The average Bonchev–Trinajstić information content (AvgIpc) is 3.10. The molecule has 1 aliphatic heterocycles. The number of esters is 3. The van der Waals surface area contributed by atoms with E-state index in [-0.39, 0.29) is 19.8 Å². The lowest BCUT2D eigenvalue weighted by molar-refractivity contribution is -0.318. The van der Waals surface area contributed by atoms with Crippen LogP contribution >= 0.6 is 0 Å². The lowest BCUT2D eigenvalue weighted by Crippen LogP contribution is -2.69. The topological polar surface area (TPSA) is 176 Å². The van der Waals surface area contributed by atoms with E-state index in [1.165, 1.54) is 0 Å². The number of hydrogen-bond donors (Lipinski definition) is 3. The second-order valence-corrected chi connectivity index (χ2v) is 11.4. The Balaban J connectivity index is 1.70. The maximum atomic E-state index is 14.0. The molecule has 1 aliphatic rings. The zero-order chi connectivity index (χ0) is 35.2. The number of aliphatic hydroxyl groups is 2. The van der Waals surface area contributed by atoms with Crippen LogP contribution in [0.4, 0.5) is 0 Å². The summed E-state index contributed by atoms with van der Waals surface area (Å²) in [7, 11) is 0. The van der Waals surface area contributed by atoms with Gasteiger partial charge in [-0.1, -0.05) is 91.0 Å². The molecule has 0 spiro atoms. The summed E-state index contributed by atoms with van der Waals surface area (Å²) in [6.45, 7) is 0.656. The van der Waals surface area contributed by atoms with Gasteiger partial charge >= 0.3 is 17.9 Å². The number of carbonyl (C=O) groups excluding carboxylic acids is 4. The van der Waals surface area contributed by atoms with Crippen molar-refractivity contribution in [2.45, 2.75) is 76.3 Å². The van der Waals surface area contributed by atoms with Gasteiger partial charge in [-0.25, -0.2) is 4.79 Å². The van der Waals surface area contributed by atoms with E-state index >= 15 is 0 Å². The highest BCUT2D eigenvalue weighted by Crippen LogP contribution is 2.37. The molecule has 1 fully saturated rings. The predicted octanol–water partition coefficient (Wildman–Crippen LogP) is 2.35. The Morgan fingerprint density at radius 1 is 0.837 bits per heavy atom. The summed E-state index contributed by atoms with van der Waals surface area (Å²) in [6.07, 6.45) is -6.88. The van der Waals surface area contributed by atoms with Gasteiger partial charge in [0.25, 0.3) is 5.79 Å². The molecule has 4 rings (SSSR count). The lowest BCUT2D eigenvalue weighted by atomic mass is 9.88. The maximum Gasteiger partial charge on any atom is 0.367 e. The zero-order valence-corrected chi connectivity index (χ0v) is 27.3. The van der Waals surface area contributed by atoms with E-state index in [9.17, 15) is 29.4 Å². The van der Waals surface area contributed by atoms with Gasteiger partial charge in [0.2, 0.25) is 5.91 Å². The van der Waals surface area contributed by atoms with Crippen molar-refractivity contribution in [3.05, 3.63) is 108 Å². The molecule has 262 valence electrons. The molecule has 0 aromatic heterocycles. The van der Waals surface area contributed by atoms with Crippen LogP contribution < -0.4 is 5.32 Å². The summed E-state index contributed by atoms with van der Waals surface area (Å²) < 4.78 is 34.8. The van der Waals surface area contributed by atoms with Crippen molar-refractivity contribution in [2.24, 2.45) is 0 Å². The molecule has 3 aromatic rings. The van der Waals surface area contributed by atoms with E-state index in [1.807, 2.05) is 30.3 Å². The van der Waals surface area contributed by atoms with Crippen LogP contribution in [0.3, 0.4) is 0 Å². The second-order valence-electron chi connectivity index (χ2n) is 11.4. The summed E-state index contributed by atoms with van der Waals surface area (Å²) in [5.41, 5.74) is 2.13. The lowest BCUT2D eigenvalue weighted by Gasteiger charge is -2.48. The molecule has 1 amide bonds. The van der Waals surface area contributed by atoms with E-state index in [0.717, 1.165) is 19.4 Å². The van der Waals surface area contributed by atoms with E-state index in [4.69, 9.17) is 28.4 Å². The van der Waals surface area contributed by atoms with E-state index in [0.29, 0.717) is 11.1 Å². The summed E-state index contributed by atoms with van der Waals surface area (Å²) in [6, 6.07) is 25.5. The molecule has 3 aromatic carbocycles. The van der Waals surface area contributed by atoms with Crippen molar-refractivity contribution in [3.63, 3.8) is 0 Å². The number of ether oxygens (including phenoxy) is 6. The smallest absolute Gasteiger partial charge is 0.367 e. The van der Waals surface area contributed by atoms with E-state index in [2.05, 4.69) is 5.32 Å². The quantitative estimate of drug-likeness (QED) is 0.149. The third-order valence-electron chi connectivity index (χ3n) is 7.57. The van der Waals surface area contributed by atoms with Gasteiger partial charge in [0.15, 0.2) is 6.10 Å². The summed E-state index contributed by atoms with van der Waals surface area (Å²) in [4.78, 5) is 52.0.